The van der Waals surface area contributed by atoms with Crippen molar-refractivity contribution >= 4 is 17.5 Å². The fourth-order valence-corrected chi connectivity index (χ4v) is 1.58. The van der Waals surface area contributed by atoms with E-state index in [0.717, 1.165) is 12.0 Å². The first-order valence-electron chi connectivity index (χ1n) is 6.05. The van der Waals surface area contributed by atoms with E-state index in [4.69, 9.17) is 16.3 Å². The summed E-state index contributed by atoms with van der Waals surface area (Å²) in [6.07, 6.45) is 0.900. The number of anilines is 1. The lowest BCUT2D eigenvalue weighted by atomic mass is 10.2. The molecule has 6 heteroatoms. The Morgan fingerprint density at radius 1 is 1.16 bits per heavy atom. The zero-order valence-corrected chi connectivity index (χ0v) is 11.6. The van der Waals surface area contributed by atoms with E-state index in [1.165, 1.54) is 0 Å². The molecule has 0 fully saturated rings. The number of nitrogens with zero attached hydrogens (tertiary/aromatic N) is 3. The third kappa shape index (κ3) is 3.54. The number of nitrogens with one attached hydrogen (secondary N) is 1. The van der Waals surface area contributed by atoms with Gasteiger partial charge in [-0.25, -0.2) is 0 Å². The minimum absolute atomic E-state index is 0.325. The van der Waals surface area contributed by atoms with Gasteiger partial charge in [0.25, 0.3) is 0 Å². The Balaban J connectivity index is 2.35. The van der Waals surface area contributed by atoms with Crippen LogP contribution in [0.5, 0.6) is 6.01 Å². The molecule has 1 aromatic heterocycles. The van der Waals surface area contributed by atoms with E-state index in [1.807, 2.05) is 19.1 Å². The Morgan fingerprint density at radius 3 is 2.53 bits per heavy atom. The number of halogens is 1. The molecule has 1 N–H and O–H groups in total. The van der Waals surface area contributed by atoms with Gasteiger partial charge in [-0.15, -0.1) is 0 Å². The van der Waals surface area contributed by atoms with Gasteiger partial charge in [0, 0.05) is 17.6 Å². The molecule has 0 aliphatic carbocycles. The highest BCUT2D eigenvalue weighted by atomic mass is 35.5. The molecule has 19 heavy (non-hydrogen) atoms. The molecule has 0 saturated heterocycles. The van der Waals surface area contributed by atoms with Crippen LogP contribution in [0.2, 0.25) is 5.02 Å². The Kier molecular flexibility index (Phi) is 4.52. The summed E-state index contributed by atoms with van der Waals surface area (Å²) in [6, 6.07) is 7.64. The topological polar surface area (TPSA) is 59.9 Å². The second-order valence-electron chi connectivity index (χ2n) is 3.87. The number of aromatic nitrogens is 3. The van der Waals surface area contributed by atoms with Crippen LogP contribution in [-0.2, 0) is 0 Å². The minimum atomic E-state index is 0.325. The summed E-state index contributed by atoms with van der Waals surface area (Å²) in [5, 5.41) is 3.57. The van der Waals surface area contributed by atoms with E-state index in [1.54, 1.807) is 19.2 Å². The van der Waals surface area contributed by atoms with Crippen molar-refractivity contribution in [2.75, 3.05) is 19.0 Å². The smallest absolute Gasteiger partial charge is 0.321 e. The van der Waals surface area contributed by atoms with Crippen LogP contribution < -0.4 is 10.1 Å². The summed E-state index contributed by atoms with van der Waals surface area (Å²) in [6.45, 7) is 2.60. The zero-order chi connectivity index (χ0) is 13.7. The first kappa shape index (κ1) is 13.5. The molecule has 0 aliphatic rings. The van der Waals surface area contributed by atoms with E-state index < -0.39 is 0 Å². The molecule has 1 aromatic carbocycles. The molecule has 0 bridgehead atoms. The molecule has 0 amide bonds. The van der Waals surface area contributed by atoms with E-state index in [0.29, 0.717) is 29.4 Å². The number of ether oxygens (including phenoxy) is 1. The zero-order valence-electron chi connectivity index (χ0n) is 10.9. The lowest BCUT2D eigenvalue weighted by molar-refractivity contribution is 0.292. The fourth-order valence-electron chi connectivity index (χ4n) is 1.45. The molecular formula is C13H15ClN4O. The van der Waals surface area contributed by atoms with Gasteiger partial charge < -0.3 is 10.1 Å². The minimum Gasteiger partial charge on any atom is -0.463 e. The van der Waals surface area contributed by atoms with Gasteiger partial charge in [0.2, 0.25) is 5.95 Å². The maximum Gasteiger partial charge on any atom is 0.321 e. The molecule has 2 aromatic rings. The Hall–Kier alpha value is -1.88. The van der Waals surface area contributed by atoms with E-state index >= 15 is 0 Å². The predicted octanol–water partition coefficient (Wildman–Crippen LogP) is 3.02. The summed E-state index contributed by atoms with van der Waals surface area (Å²) in [7, 11) is 1.75. The predicted molar refractivity (Wildman–Crippen MR) is 75.6 cm³/mol. The van der Waals surface area contributed by atoms with Crippen LogP contribution >= 0.6 is 11.6 Å². The van der Waals surface area contributed by atoms with Crippen molar-refractivity contribution in [2.45, 2.75) is 13.3 Å². The maximum atomic E-state index is 5.87. The average molecular weight is 279 g/mol. The summed E-state index contributed by atoms with van der Waals surface area (Å²) in [4.78, 5) is 12.7. The van der Waals surface area contributed by atoms with E-state index in [2.05, 4.69) is 20.3 Å². The SMILES string of the molecule is CCCOc1nc(NC)nc(-c2ccc(Cl)cc2)n1. The Labute approximate surface area is 117 Å². The van der Waals surface area contributed by atoms with Crippen LogP contribution in [0.1, 0.15) is 13.3 Å². The highest BCUT2D eigenvalue weighted by Crippen LogP contribution is 2.20. The van der Waals surface area contributed by atoms with Crippen molar-refractivity contribution in [3.63, 3.8) is 0 Å². The summed E-state index contributed by atoms with van der Waals surface area (Å²) in [5.74, 6) is 1.04. The van der Waals surface area contributed by atoms with Crippen LogP contribution in [0.3, 0.4) is 0 Å². The second-order valence-corrected chi connectivity index (χ2v) is 4.31. The molecule has 2 rings (SSSR count). The number of hydrogen-bond donors (Lipinski definition) is 1. The van der Waals surface area contributed by atoms with Crippen molar-refractivity contribution in [2.24, 2.45) is 0 Å². The van der Waals surface area contributed by atoms with Crippen molar-refractivity contribution in [1.29, 1.82) is 0 Å². The van der Waals surface area contributed by atoms with Crippen LogP contribution in [0.15, 0.2) is 24.3 Å². The molecule has 0 aliphatic heterocycles. The highest BCUT2D eigenvalue weighted by molar-refractivity contribution is 6.30. The van der Waals surface area contributed by atoms with Gasteiger partial charge in [0.1, 0.15) is 0 Å². The van der Waals surface area contributed by atoms with Crippen LogP contribution in [-0.4, -0.2) is 28.6 Å². The van der Waals surface area contributed by atoms with Gasteiger partial charge in [0.15, 0.2) is 5.82 Å². The van der Waals surface area contributed by atoms with Crippen molar-refractivity contribution in [1.82, 2.24) is 15.0 Å². The number of rotatable bonds is 5. The first-order valence-corrected chi connectivity index (χ1v) is 6.43. The van der Waals surface area contributed by atoms with Gasteiger partial charge in [-0.2, -0.15) is 15.0 Å². The van der Waals surface area contributed by atoms with Crippen LogP contribution in [0, 0.1) is 0 Å². The van der Waals surface area contributed by atoms with Gasteiger partial charge in [-0.05, 0) is 30.7 Å². The number of hydrogen-bond acceptors (Lipinski definition) is 5. The summed E-state index contributed by atoms with van der Waals surface area (Å²) in [5.41, 5.74) is 0.865. The largest absolute Gasteiger partial charge is 0.463 e. The monoisotopic (exact) mass is 278 g/mol. The lowest BCUT2D eigenvalue weighted by Gasteiger charge is -2.07. The molecule has 0 saturated carbocycles. The van der Waals surface area contributed by atoms with Gasteiger partial charge >= 0.3 is 6.01 Å². The fraction of sp³-hybridized carbons (Fsp3) is 0.308. The van der Waals surface area contributed by atoms with Gasteiger partial charge in [-0.1, -0.05) is 18.5 Å². The average Bonchev–Trinajstić information content (AvgIpc) is 2.45. The molecule has 0 atom stereocenters. The molecule has 0 unspecified atom stereocenters. The lowest BCUT2D eigenvalue weighted by Crippen LogP contribution is -2.06. The van der Waals surface area contributed by atoms with E-state index in [-0.39, 0.29) is 0 Å². The van der Waals surface area contributed by atoms with Crippen molar-refractivity contribution < 1.29 is 4.74 Å². The van der Waals surface area contributed by atoms with Crippen molar-refractivity contribution in [3.8, 4) is 17.4 Å². The summed E-state index contributed by atoms with van der Waals surface area (Å²) < 4.78 is 5.46. The van der Waals surface area contributed by atoms with Crippen molar-refractivity contribution in [3.05, 3.63) is 29.3 Å². The molecule has 1 heterocycles. The second kappa shape index (κ2) is 6.33. The number of benzene rings is 1. The molecule has 100 valence electrons. The summed E-state index contributed by atoms with van der Waals surface area (Å²) >= 11 is 5.87. The van der Waals surface area contributed by atoms with E-state index in [9.17, 15) is 0 Å². The molecular weight excluding hydrogens is 264 g/mol. The molecule has 0 radical (unpaired) electrons. The third-order valence-electron chi connectivity index (χ3n) is 2.38. The maximum absolute atomic E-state index is 5.87. The van der Waals surface area contributed by atoms with Gasteiger partial charge in [0.05, 0.1) is 6.61 Å². The Morgan fingerprint density at radius 2 is 1.89 bits per heavy atom. The first-order chi connectivity index (χ1) is 9.22. The Bertz CT molecular complexity index is 545. The standard InChI is InChI=1S/C13H15ClN4O/c1-3-8-19-13-17-11(16-12(15-2)18-13)9-4-6-10(14)7-5-9/h4-7H,3,8H2,1-2H3,(H,15,16,17,18). The van der Waals surface area contributed by atoms with Gasteiger partial charge in [-0.3, -0.25) is 0 Å². The molecule has 0 spiro atoms. The highest BCUT2D eigenvalue weighted by Gasteiger charge is 2.08. The van der Waals surface area contributed by atoms with Crippen LogP contribution in [0.25, 0.3) is 11.4 Å². The quantitative estimate of drug-likeness (QED) is 0.911. The molecule has 5 nitrogen and oxygen atoms in total. The normalized spacial score (nSPS) is 10.3. The van der Waals surface area contributed by atoms with Crippen LogP contribution in [0.4, 0.5) is 5.95 Å². The third-order valence-corrected chi connectivity index (χ3v) is 2.63.